The van der Waals surface area contributed by atoms with E-state index in [1.807, 2.05) is 60.7 Å². The summed E-state index contributed by atoms with van der Waals surface area (Å²) >= 11 is 3.33. The van der Waals surface area contributed by atoms with E-state index in [0.29, 0.717) is 13.1 Å². The highest BCUT2D eigenvalue weighted by Gasteiger charge is 2.10. The molecule has 124 valence electrons. The van der Waals surface area contributed by atoms with Gasteiger partial charge in [-0.1, -0.05) is 18.2 Å². The lowest BCUT2D eigenvalue weighted by Crippen LogP contribution is -2.29. The van der Waals surface area contributed by atoms with E-state index >= 15 is 0 Å². The zero-order valence-corrected chi connectivity index (χ0v) is 15.3. The average molecular weight is 358 g/mol. The first kappa shape index (κ1) is 17.0. The summed E-state index contributed by atoms with van der Waals surface area (Å²) in [6, 6.07) is 16.0. The molecule has 0 aliphatic heterocycles. The molecule has 0 saturated heterocycles. The van der Waals surface area contributed by atoms with Gasteiger partial charge in [-0.2, -0.15) is 0 Å². The molecule has 24 heavy (non-hydrogen) atoms. The first-order chi connectivity index (χ1) is 11.6. The number of thioether (sulfide) groups is 1. The van der Waals surface area contributed by atoms with Crippen molar-refractivity contribution >= 4 is 44.9 Å². The minimum atomic E-state index is -0.0168. The van der Waals surface area contributed by atoms with Crippen LogP contribution in [0.5, 0.6) is 0 Å². The zero-order valence-electron chi connectivity index (χ0n) is 13.7. The molecular weight excluding hydrogens is 338 g/mol. The molecule has 0 bridgehead atoms. The molecular formula is C18H19N3OS2. The van der Waals surface area contributed by atoms with Gasteiger partial charge < -0.3 is 5.32 Å². The molecule has 3 rings (SSSR count). The van der Waals surface area contributed by atoms with Crippen LogP contribution in [0.4, 0.5) is 5.69 Å². The number of anilines is 1. The number of thiazole rings is 1. The van der Waals surface area contributed by atoms with Crippen LogP contribution in [0.1, 0.15) is 5.01 Å². The average Bonchev–Trinajstić information content (AvgIpc) is 2.96. The normalized spacial score (nSPS) is 11.1. The molecule has 0 unspecified atom stereocenters. The number of rotatable bonds is 6. The summed E-state index contributed by atoms with van der Waals surface area (Å²) in [5, 5.41) is 3.97. The number of likely N-dealkylation sites (N-methyl/N-ethyl adjacent to an activating group) is 1. The highest BCUT2D eigenvalue weighted by Crippen LogP contribution is 2.22. The molecule has 0 radical (unpaired) electrons. The number of carbonyl (C=O) groups excluding carboxylic acids is 1. The van der Waals surface area contributed by atoms with Crippen LogP contribution >= 0.6 is 23.1 Å². The highest BCUT2D eigenvalue weighted by atomic mass is 32.2. The summed E-state index contributed by atoms with van der Waals surface area (Å²) in [7, 11) is 1.93. The summed E-state index contributed by atoms with van der Waals surface area (Å²) in [5.74, 6) is -0.0168. The Hall–Kier alpha value is -1.89. The maximum atomic E-state index is 12.2. The van der Waals surface area contributed by atoms with Gasteiger partial charge in [0.1, 0.15) is 5.01 Å². The largest absolute Gasteiger partial charge is 0.325 e. The number of nitrogens with zero attached hydrogens (tertiary/aromatic N) is 2. The third-order valence-electron chi connectivity index (χ3n) is 3.51. The van der Waals surface area contributed by atoms with Gasteiger partial charge in [0, 0.05) is 10.6 Å². The van der Waals surface area contributed by atoms with E-state index in [-0.39, 0.29) is 5.91 Å². The fourth-order valence-electron chi connectivity index (χ4n) is 2.42. The molecule has 1 heterocycles. The van der Waals surface area contributed by atoms with Crippen LogP contribution < -0.4 is 5.32 Å². The van der Waals surface area contributed by atoms with Crippen LogP contribution in [0.15, 0.2) is 53.4 Å². The van der Waals surface area contributed by atoms with Crippen molar-refractivity contribution in [2.45, 2.75) is 11.4 Å². The van der Waals surface area contributed by atoms with E-state index in [1.165, 1.54) is 4.70 Å². The van der Waals surface area contributed by atoms with Crippen molar-refractivity contribution in [2.24, 2.45) is 0 Å². The number of fused-ring (bicyclic) bond motifs is 1. The number of hydrogen-bond donors (Lipinski definition) is 1. The summed E-state index contributed by atoms with van der Waals surface area (Å²) in [6.45, 7) is 0.997. The van der Waals surface area contributed by atoms with E-state index in [9.17, 15) is 4.79 Å². The number of nitrogens with one attached hydrogen (secondary N) is 1. The smallest absolute Gasteiger partial charge is 0.238 e. The summed E-state index contributed by atoms with van der Waals surface area (Å²) in [6.07, 6.45) is 2.02. The van der Waals surface area contributed by atoms with Gasteiger partial charge in [0.2, 0.25) is 5.91 Å². The number of carbonyl (C=O) groups is 1. The van der Waals surface area contributed by atoms with Gasteiger partial charge in [0.05, 0.1) is 23.3 Å². The molecule has 0 aliphatic carbocycles. The topological polar surface area (TPSA) is 45.2 Å². The Balaban J connectivity index is 1.57. The fraction of sp³-hybridized carbons (Fsp3) is 0.222. The van der Waals surface area contributed by atoms with Gasteiger partial charge >= 0.3 is 0 Å². The lowest BCUT2D eigenvalue weighted by molar-refractivity contribution is -0.117. The maximum absolute atomic E-state index is 12.2. The molecule has 0 spiro atoms. The van der Waals surface area contributed by atoms with Gasteiger partial charge in [-0.15, -0.1) is 23.1 Å². The van der Waals surface area contributed by atoms with Crippen LogP contribution in [0, 0.1) is 0 Å². The van der Waals surface area contributed by atoms with Crippen molar-refractivity contribution in [2.75, 3.05) is 25.2 Å². The number of hydrogen-bond acceptors (Lipinski definition) is 5. The van der Waals surface area contributed by atoms with E-state index in [1.54, 1.807) is 23.1 Å². The summed E-state index contributed by atoms with van der Waals surface area (Å²) in [5.41, 5.74) is 1.85. The van der Waals surface area contributed by atoms with Crippen molar-refractivity contribution in [3.63, 3.8) is 0 Å². The zero-order chi connectivity index (χ0) is 16.9. The molecule has 3 aromatic rings. The molecule has 1 aromatic heterocycles. The summed E-state index contributed by atoms with van der Waals surface area (Å²) in [4.78, 5) is 19.9. The number of aromatic nitrogens is 1. The second kappa shape index (κ2) is 7.79. The van der Waals surface area contributed by atoms with Gasteiger partial charge in [0.25, 0.3) is 0 Å². The third-order valence-corrected chi connectivity index (χ3v) is 5.26. The molecule has 1 N–H and O–H groups in total. The number of benzene rings is 2. The highest BCUT2D eigenvalue weighted by molar-refractivity contribution is 7.98. The van der Waals surface area contributed by atoms with Gasteiger partial charge in [-0.3, -0.25) is 9.69 Å². The molecule has 0 saturated carbocycles. The monoisotopic (exact) mass is 357 g/mol. The predicted molar refractivity (Wildman–Crippen MR) is 103 cm³/mol. The predicted octanol–water partition coefficient (Wildman–Crippen LogP) is 4.09. The van der Waals surface area contributed by atoms with Crippen molar-refractivity contribution in [1.29, 1.82) is 0 Å². The molecule has 2 aromatic carbocycles. The summed E-state index contributed by atoms with van der Waals surface area (Å²) < 4.78 is 1.18. The second-order valence-corrected chi connectivity index (χ2v) is 7.52. The Labute approximate surface area is 149 Å². The second-order valence-electron chi connectivity index (χ2n) is 5.53. The fourth-order valence-corrected chi connectivity index (χ4v) is 3.93. The standard InChI is InChI=1S/C18H19N3OS2/c1-21(12-18-20-15-8-3-4-9-16(15)24-18)11-17(22)19-13-6-5-7-14(10-13)23-2/h3-10H,11-12H2,1-2H3,(H,19,22). The van der Waals surface area contributed by atoms with Crippen molar-refractivity contribution in [1.82, 2.24) is 9.88 Å². The number of para-hydroxylation sites is 1. The molecule has 0 fully saturated rings. The molecule has 0 aliphatic rings. The van der Waals surface area contributed by atoms with Crippen molar-refractivity contribution in [3.8, 4) is 0 Å². The van der Waals surface area contributed by atoms with Gasteiger partial charge in [0.15, 0.2) is 0 Å². The molecule has 6 heteroatoms. The van der Waals surface area contributed by atoms with E-state index in [4.69, 9.17) is 0 Å². The van der Waals surface area contributed by atoms with Crippen LogP contribution in [-0.4, -0.2) is 35.6 Å². The third kappa shape index (κ3) is 4.35. The van der Waals surface area contributed by atoms with E-state index in [2.05, 4.69) is 16.4 Å². The Morgan fingerprint density at radius 1 is 1.25 bits per heavy atom. The SMILES string of the molecule is CSc1cccc(NC(=O)CN(C)Cc2nc3ccccc3s2)c1. The van der Waals surface area contributed by atoms with Gasteiger partial charge in [-0.25, -0.2) is 4.98 Å². The van der Waals surface area contributed by atoms with Crippen LogP contribution in [0.2, 0.25) is 0 Å². The van der Waals surface area contributed by atoms with Gasteiger partial charge in [-0.05, 0) is 43.6 Å². The Morgan fingerprint density at radius 2 is 2.08 bits per heavy atom. The first-order valence-corrected chi connectivity index (χ1v) is 9.65. The Bertz CT molecular complexity index is 814. The van der Waals surface area contributed by atoms with Crippen LogP contribution in [0.3, 0.4) is 0 Å². The molecule has 0 atom stereocenters. The maximum Gasteiger partial charge on any atom is 0.238 e. The lowest BCUT2D eigenvalue weighted by Gasteiger charge is -2.15. The molecule has 4 nitrogen and oxygen atoms in total. The van der Waals surface area contributed by atoms with E-state index < -0.39 is 0 Å². The molecule has 1 amide bonds. The van der Waals surface area contributed by atoms with Crippen LogP contribution in [0.25, 0.3) is 10.2 Å². The van der Waals surface area contributed by atoms with Crippen LogP contribution in [-0.2, 0) is 11.3 Å². The lowest BCUT2D eigenvalue weighted by atomic mass is 10.3. The quantitative estimate of drug-likeness (QED) is 0.675. The van der Waals surface area contributed by atoms with Crippen molar-refractivity contribution in [3.05, 3.63) is 53.5 Å². The Morgan fingerprint density at radius 3 is 2.88 bits per heavy atom. The first-order valence-electron chi connectivity index (χ1n) is 7.61. The minimum Gasteiger partial charge on any atom is -0.325 e. The van der Waals surface area contributed by atoms with E-state index in [0.717, 1.165) is 21.1 Å². The minimum absolute atomic E-state index is 0.0168. The van der Waals surface area contributed by atoms with Crippen molar-refractivity contribution < 1.29 is 4.79 Å². The Kier molecular flexibility index (Phi) is 5.50. The number of amides is 1.